The molecule has 0 aliphatic heterocycles. The van der Waals surface area contributed by atoms with E-state index < -0.39 is 6.10 Å². The Kier molecular flexibility index (Phi) is 8.13. The smallest absolute Gasteiger partial charge is 0.249 e. The number of hydrogen-bond acceptors (Lipinski definition) is 3. The minimum absolute atomic E-state index is 0.166. The van der Waals surface area contributed by atoms with Crippen LogP contribution in [0.4, 0.5) is 0 Å². The Morgan fingerprint density at radius 2 is 2.15 bits per heavy atom. The molecule has 0 saturated carbocycles. The molecule has 0 fully saturated rings. The number of carbonyl (C=O) groups excluding carboxylic acids is 1. The fraction of sp³-hybridized carbons (Fsp3) is 0.438. The topological polar surface area (TPSA) is 50.4 Å². The van der Waals surface area contributed by atoms with Gasteiger partial charge < -0.3 is 15.4 Å². The molecule has 0 aromatic heterocycles. The first kappa shape index (κ1) is 16.2. The van der Waals surface area contributed by atoms with Crippen molar-refractivity contribution in [3.05, 3.63) is 35.9 Å². The quantitative estimate of drug-likeness (QED) is 0.527. The second kappa shape index (κ2) is 10.0. The number of terminal acetylenes is 1. The second-order valence-corrected chi connectivity index (χ2v) is 4.45. The molecule has 1 amide bonds. The van der Waals surface area contributed by atoms with Gasteiger partial charge in [-0.3, -0.25) is 4.79 Å². The maximum absolute atomic E-state index is 11.5. The van der Waals surface area contributed by atoms with Crippen LogP contribution in [0.15, 0.2) is 30.3 Å². The first-order valence-corrected chi connectivity index (χ1v) is 6.81. The summed E-state index contributed by atoms with van der Waals surface area (Å²) in [5.74, 6) is 2.19. The highest BCUT2D eigenvalue weighted by Crippen LogP contribution is 1.97. The number of rotatable bonds is 9. The van der Waals surface area contributed by atoms with E-state index in [4.69, 9.17) is 11.2 Å². The van der Waals surface area contributed by atoms with Crippen molar-refractivity contribution in [1.29, 1.82) is 0 Å². The third-order valence-corrected chi connectivity index (χ3v) is 2.77. The van der Waals surface area contributed by atoms with E-state index in [1.54, 1.807) is 6.92 Å². The van der Waals surface area contributed by atoms with Crippen LogP contribution in [0.25, 0.3) is 0 Å². The molecule has 0 aliphatic rings. The van der Waals surface area contributed by atoms with Crippen molar-refractivity contribution in [3.8, 4) is 12.3 Å². The maximum atomic E-state index is 11.5. The monoisotopic (exact) mass is 274 g/mol. The third kappa shape index (κ3) is 6.93. The number of carbonyl (C=O) groups is 1. The van der Waals surface area contributed by atoms with Crippen LogP contribution in [0.5, 0.6) is 0 Å². The van der Waals surface area contributed by atoms with E-state index in [2.05, 4.69) is 28.7 Å². The van der Waals surface area contributed by atoms with Crippen LogP contribution in [0.2, 0.25) is 0 Å². The van der Waals surface area contributed by atoms with Crippen molar-refractivity contribution in [2.24, 2.45) is 0 Å². The van der Waals surface area contributed by atoms with Gasteiger partial charge in [0.25, 0.3) is 0 Å². The van der Waals surface area contributed by atoms with E-state index in [0.717, 1.165) is 19.5 Å². The minimum Gasteiger partial charge on any atom is -0.369 e. The molecule has 1 unspecified atom stereocenters. The van der Waals surface area contributed by atoms with Gasteiger partial charge in [0.05, 0.1) is 6.54 Å². The van der Waals surface area contributed by atoms with E-state index in [0.29, 0.717) is 6.61 Å². The molecule has 0 heterocycles. The van der Waals surface area contributed by atoms with Gasteiger partial charge in [-0.2, -0.15) is 0 Å². The lowest BCUT2D eigenvalue weighted by Crippen LogP contribution is -2.35. The zero-order valence-electron chi connectivity index (χ0n) is 11.9. The summed E-state index contributed by atoms with van der Waals surface area (Å²) < 4.78 is 5.43. The Bertz CT molecular complexity index is 426. The molecule has 1 atom stereocenters. The number of ether oxygens (including phenoxy) is 1. The van der Waals surface area contributed by atoms with E-state index in [-0.39, 0.29) is 12.5 Å². The molecule has 0 spiro atoms. The van der Waals surface area contributed by atoms with Crippen LogP contribution in [-0.4, -0.2) is 31.7 Å². The molecule has 20 heavy (non-hydrogen) atoms. The van der Waals surface area contributed by atoms with Crippen LogP contribution in [0.3, 0.4) is 0 Å². The molecule has 4 heteroatoms. The first-order valence-electron chi connectivity index (χ1n) is 6.81. The lowest BCUT2D eigenvalue weighted by molar-refractivity contribution is -0.131. The third-order valence-electron chi connectivity index (χ3n) is 2.77. The molecule has 4 nitrogen and oxygen atoms in total. The Hall–Kier alpha value is -1.83. The van der Waals surface area contributed by atoms with Crippen LogP contribution in [0, 0.1) is 12.3 Å². The molecule has 0 radical (unpaired) electrons. The highest BCUT2D eigenvalue weighted by atomic mass is 16.5. The molecule has 1 aromatic carbocycles. The summed E-state index contributed by atoms with van der Waals surface area (Å²) >= 11 is 0. The molecular weight excluding hydrogens is 252 g/mol. The number of amides is 1. The molecule has 108 valence electrons. The lowest BCUT2D eigenvalue weighted by Gasteiger charge is -2.12. The highest BCUT2D eigenvalue weighted by molar-refractivity contribution is 5.80. The molecule has 1 aromatic rings. The van der Waals surface area contributed by atoms with E-state index in [1.807, 2.05) is 18.2 Å². The van der Waals surface area contributed by atoms with Crippen molar-refractivity contribution < 1.29 is 9.53 Å². The fourth-order valence-corrected chi connectivity index (χ4v) is 1.64. The normalized spacial score (nSPS) is 11.6. The predicted octanol–water partition coefficient (Wildman–Crippen LogP) is 1.32. The summed E-state index contributed by atoms with van der Waals surface area (Å²) in [7, 11) is 0. The van der Waals surface area contributed by atoms with E-state index >= 15 is 0 Å². The summed E-state index contributed by atoms with van der Waals surface area (Å²) in [5, 5.41) is 5.92. The van der Waals surface area contributed by atoms with Crippen molar-refractivity contribution in [2.75, 3.05) is 19.7 Å². The van der Waals surface area contributed by atoms with E-state index in [1.165, 1.54) is 5.56 Å². The summed E-state index contributed by atoms with van der Waals surface area (Å²) in [4.78, 5) is 11.5. The second-order valence-electron chi connectivity index (χ2n) is 4.45. The molecule has 0 bridgehead atoms. The zero-order valence-corrected chi connectivity index (χ0v) is 11.9. The van der Waals surface area contributed by atoms with Crippen molar-refractivity contribution in [3.63, 3.8) is 0 Å². The predicted molar refractivity (Wildman–Crippen MR) is 80.0 cm³/mol. The molecule has 1 rings (SSSR count). The average Bonchev–Trinajstić information content (AvgIpc) is 2.49. The van der Waals surface area contributed by atoms with Gasteiger partial charge in [-0.25, -0.2) is 0 Å². The Morgan fingerprint density at radius 1 is 1.40 bits per heavy atom. The number of hydrogen-bond donors (Lipinski definition) is 2. The standard InChI is InChI=1S/C16H22N2O2/c1-3-10-18-16(19)14(2)20-12-7-11-17-13-15-8-5-4-6-9-15/h1,4-6,8-9,14,17H,7,10-13H2,2H3,(H,18,19). The van der Waals surface area contributed by atoms with Gasteiger partial charge in [-0.1, -0.05) is 36.3 Å². The summed E-state index contributed by atoms with van der Waals surface area (Å²) in [6.07, 6.45) is 5.47. The maximum Gasteiger partial charge on any atom is 0.249 e. The summed E-state index contributed by atoms with van der Waals surface area (Å²) in [6, 6.07) is 10.2. The average molecular weight is 274 g/mol. The van der Waals surface area contributed by atoms with Gasteiger partial charge in [-0.05, 0) is 25.5 Å². The van der Waals surface area contributed by atoms with Gasteiger partial charge in [0, 0.05) is 13.2 Å². The molecular formula is C16H22N2O2. The molecule has 0 aliphatic carbocycles. The van der Waals surface area contributed by atoms with Gasteiger partial charge in [0.15, 0.2) is 0 Å². The van der Waals surface area contributed by atoms with Crippen LogP contribution < -0.4 is 10.6 Å². The largest absolute Gasteiger partial charge is 0.369 e. The van der Waals surface area contributed by atoms with Crippen LogP contribution in [0.1, 0.15) is 18.9 Å². The summed E-state index contributed by atoms with van der Waals surface area (Å²) in [6.45, 7) is 4.22. The Morgan fingerprint density at radius 3 is 2.85 bits per heavy atom. The lowest BCUT2D eigenvalue weighted by atomic mass is 10.2. The zero-order chi connectivity index (χ0) is 14.6. The summed E-state index contributed by atoms with van der Waals surface area (Å²) in [5.41, 5.74) is 1.26. The first-order chi connectivity index (χ1) is 9.74. The Labute approximate surface area is 120 Å². The Balaban J connectivity index is 2.02. The fourth-order valence-electron chi connectivity index (χ4n) is 1.64. The highest BCUT2D eigenvalue weighted by Gasteiger charge is 2.11. The number of benzene rings is 1. The van der Waals surface area contributed by atoms with Gasteiger partial charge in [-0.15, -0.1) is 6.42 Å². The van der Waals surface area contributed by atoms with E-state index in [9.17, 15) is 4.79 Å². The van der Waals surface area contributed by atoms with Crippen molar-refractivity contribution in [1.82, 2.24) is 10.6 Å². The van der Waals surface area contributed by atoms with Gasteiger partial charge in [0.1, 0.15) is 6.10 Å². The van der Waals surface area contributed by atoms with Gasteiger partial charge in [0.2, 0.25) is 5.91 Å². The molecule has 0 saturated heterocycles. The van der Waals surface area contributed by atoms with Gasteiger partial charge >= 0.3 is 0 Å². The van der Waals surface area contributed by atoms with Crippen LogP contribution >= 0.6 is 0 Å². The SMILES string of the molecule is C#CCNC(=O)C(C)OCCCNCc1ccccc1. The van der Waals surface area contributed by atoms with Crippen LogP contribution in [-0.2, 0) is 16.1 Å². The molecule has 2 N–H and O–H groups in total. The van der Waals surface area contributed by atoms with Crippen molar-refractivity contribution in [2.45, 2.75) is 26.0 Å². The minimum atomic E-state index is -0.461. The number of nitrogens with one attached hydrogen (secondary N) is 2. The van der Waals surface area contributed by atoms with Crippen molar-refractivity contribution >= 4 is 5.91 Å².